The monoisotopic (exact) mass is 351 g/mol. The minimum Gasteiger partial charge on any atom is -0.325 e. The van der Waals surface area contributed by atoms with Crippen molar-refractivity contribution in [1.82, 2.24) is 9.55 Å². The Bertz CT molecular complexity index is 858. The molecule has 0 spiro atoms. The van der Waals surface area contributed by atoms with Crippen molar-refractivity contribution in [2.45, 2.75) is 25.5 Å². The Labute approximate surface area is 152 Å². The summed E-state index contributed by atoms with van der Waals surface area (Å²) < 4.78 is 2.06. The molecule has 0 aliphatic rings. The molecule has 4 nitrogen and oxygen atoms in total. The third-order valence-electron chi connectivity index (χ3n) is 4.00. The number of hydrogen-bond acceptors (Lipinski definition) is 3. The second kappa shape index (κ2) is 8.03. The van der Waals surface area contributed by atoms with E-state index in [9.17, 15) is 4.79 Å². The van der Waals surface area contributed by atoms with Gasteiger partial charge in [-0.1, -0.05) is 48.2 Å². The zero-order valence-corrected chi connectivity index (χ0v) is 15.2. The van der Waals surface area contributed by atoms with Crippen molar-refractivity contribution in [3.05, 3.63) is 77.6 Å². The number of thioether (sulfide) groups is 1. The SMILES string of the molecule is Cc1ccc(NC(=O)CSc2nccn2Cc2ccccc2)cc1C. The van der Waals surface area contributed by atoms with Crippen LogP contribution in [0.3, 0.4) is 0 Å². The number of aryl methyl sites for hydroxylation is 2. The molecule has 0 saturated carbocycles. The quantitative estimate of drug-likeness (QED) is 0.674. The van der Waals surface area contributed by atoms with Crippen LogP contribution in [0.25, 0.3) is 0 Å². The number of hydrogen-bond donors (Lipinski definition) is 1. The van der Waals surface area contributed by atoms with Crippen LogP contribution in [0.1, 0.15) is 16.7 Å². The molecule has 25 heavy (non-hydrogen) atoms. The molecule has 0 aliphatic heterocycles. The maximum Gasteiger partial charge on any atom is 0.234 e. The highest BCUT2D eigenvalue weighted by Gasteiger charge is 2.09. The lowest BCUT2D eigenvalue weighted by Crippen LogP contribution is -2.14. The van der Waals surface area contributed by atoms with Gasteiger partial charge in [-0.2, -0.15) is 0 Å². The fraction of sp³-hybridized carbons (Fsp3) is 0.200. The second-order valence-electron chi connectivity index (χ2n) is 5.96. The van der Waals surface area contributed by atoms with Crippen molar-refractivity contribution in [3.8, 4) is 0 Å². The predicted octanol–water partition coefficient (Wildman–Crippen LogP) is 4.28. The first-order valence-corrected chi connectivity index (χ1v) is 9.15. The van der Waals surface area contributed by atoms with E-state index >= 15 is 0 Å². The van der Waals surface area contributed by atoms with Crippen LogP contribution in [0.5, 0.6) is 0 Å². The first kappa shape index (κ1) is 17.3. The Balaban J connectivity index is 1.57. The molecule has 2 aromatic carbocycles. The first-order chi connectivity index (χ1) is 12.1. The van der Waals surface area contributed by atoms with Crippen LogP contribution in [-0.4, -0.2) is 21.2 Å². The first-order valence-electron chi connectivity index (χ1n) is 8.17. The van der Waals surface area contributed by atoms with Crippen molar-refractivity contribution in [1.29, 1.82) is 0 Å². The number of anilines is 1. The van der Waals surface area contributed by atoms with Gasteiger partial charge in [0.15, 0.2) is 5.16 Å². The number of carbonyl (C=O) groups excluding carboxylic acids is 1. The molecule has 0 fully saturated rings. The van der Waals surface area contributed by atoms with Crippen LogP contribution in [-0.2, 0) is 11.3 Å². The Morgan fingerprint density at radius 3 is 2.68 bits per heavy atom. The lowest BCUT2D eigenvalue weighted by atomic mass is 10.1. The van der Waals surface area contributed by atoms with E-state index < -0.39 is 0 Å². The van der Waals surface area contributed by atoms with Crippen LogP contribution in [0, 0.1) is 13.8 Å². The topological polar surface area (TPSA) is 46.9 Å². The Hall–Kier alpha value is -2.53. The molecule has 0 unspecified atom stereocenters. The average molecular weight is 351 g/mol. The summed E-state index contributed by atoms with van der Waals surface area (Å²) in [4.78, 5) is 16.6. The van der Waals surface area contributed by atoms with E-state index in [1.54, 1.807) is 6.20 Å². The Morgan fingerprint density at radius 1 is 1.12 bits per heavy atom. The summed E-state index contributed by atoms with van der Waals surface area (Å²) in [6.45, 7) is 4.85. The molecule has 1 aromatic heterocycles. The van der Waals surface area contributed by atoms with E-state index in [0.717, 1.165) is 17.4 Å². The van der Waals surface area contributed by atoms with Crippen LogP contribution in [0.2, 0.25) is 0 Å². The maximum atomic E-state index is 12.2. The molecule has 0 bridgehead atoms. The number of carbonyl (C=O) groups is 1. The van der Waals surface area contributed by atoms with E-state index in [1.165, 1.54) is 28.5 Å². The maximum absolute atomic E-state index is 12.2. The molecule has 3 rings (SSSR count). The lowest BCUT2D eigenvalue weighted by molar-refractivity contribution is -0.113. The van der Waals surface area contributed by atoms with Gasteiger partial charge >= 0.3 is 0 Å². The molecule has 1 amide bonds. The van der Waals surface area contributed by atoms with Gasteiger partial charge < -0.3 is 9.88 Å². The van der Waals surface area contributed by atoms with Gasteiger partial charge in [0.25, 0.3) is 0 Å². The van der Waals surface area contributed by atoms with E-state index in [4.69, 9.17) is 0 Å². The summed E-state index contributed by atoms with van der Waals surface area (Å²) in [5.41, 5.74) is 4.43. The minimum absolute atomic E-state index is 0.0254. The molecule has 5 heteroatoms. The molecule has 0 radical (unpaired) electrons. The minimum atomic E-state index is -0.0254. The highest BCUT2D eigenvalue weighted by molar-refractivity contribution is 7.99. The number of benzene rings is 2. The van der Waals surface area contributed by atoms with E-state index in [2.05, 4.69) is 33.9 Å². The van der Waals surface area contributed by atoms with Gasteiger partial charge in [0.2, 0.25) is 5.91 Å². The second-order valence-corrected chi connectivity index (χ2v) is 6.90. The van der Waals surface area contributed by atoms with Crippen molar-refractivity contribution in [3.63, 3.8) is 0 Å². The Kier molecular flexibility index (Phi) is 5.56. The molecule has 0 saturated heterocycles. The van der Waals surface area contributed by atoms with Crippen LogP contribution < -0.4 is 5.32 Å². The summed E-state index contributed by atoms with van der Waals surface area (Å²) in [6.07, 6.45) is 3.71. The highest BCUT2D eigenvalue weighted by Crippen LogP contribution is 2.19. The molecule has 1 heterocycles. The number of rotatable bonds is 6. The van der Waals surface area contributed by atoms with Gasteiger partial charge in [0, 0.05) is 24.6 Å². The van der Waals surface area contributed by atoms with Crippen LogP contribution in [0.15, 0.2) is 66.1 Å². The average Bonchev–Trinajstić information content (AvgIpc) is 3.04. The van der Waals surface area contributed by atoms with Gasteiger partial charge in [0.05, 0.1) is 5.75 Å². The van der Waals surface area contributed by atoms with Gasteiger partial charge in [-0.3, -0.25) is 4.79 Å². The standard InChI is InChI=1S/C20H21N3OS/c1-15-8-9-18(12-16(15)2)22-19(24)14-25-20-21-10-11-23(20)13-17-6-4-3-5-7-17/h3-12H,13-14H2,1-2H3,(H,22,24). The molecule has 1 N–H and O–H groups in total. The Morgan fingerprint density at radius 2 is 1.92 bits per heavy atom. The van der Waals surface area contributed by atoms with Crippen LogP contribution in [0.4, 0.5) is 5.69 Å². The van der Waals surface area contributed by atoms with Crippen molar-refractivity contribution >= 4 is 23.4 Å². The van der Waals surface area contributed by atoms with Crippen LogP contribution >= 0.6 is 11.8 Å². The fourth-order valence-corrected chi connectivity index (χ4v) is 3.24. The van der Waals surface area contributed by atoms with E-state index in [-0.39, 0.29) is 5.91 Å². The third kappa shape index (κ3) is 4.73. The number of nitrogens with one attached hydrogen (secondary N) is 1. The third-order valence-corrected chi connectivity index (χ3v) is 5.00. The predicted molar refractivity (Wildman–Crippen MR) is 103 cm³/mol. The van der Waals surface area contributed by atoms with Gasteiger partial charge in [-0.15, -0.1) is 0 Å². The molecule has 3 aromatic rings. The largest absolute Gasteiger partial charge is 0.325 e. The normalized spacial score (nSPS) is 10.6. The summed E-state index contributed by atoms with van der Waals surface area (Å²) in [5.74, 6) is 0.307. The lowest BCUT2D eigenvalue weighted by Gasteiger charge is -2.09. The molecule has 0 atom stereocenters. The number of amides is 1. The number of aromatic nitrogens is 2. The van der Waals surface area contributed by atoms with Crippen molar-refractivity contribution in [2.24, 2.45) is 0 Å². The highest BCUT2D eigenvalue weighted by atomic mass is 32.2. The number of imidazole rings is 1. The molecular formula is C20H21N3OS. The van der Waals surface area contributed by atoms with E-state index in [1.807, 2.05) is 49.5 Å². The number of nitrogens with zero attached hydrogens (tertiary/aromatic N) is 2. The smallest absolute Gasteiger partial charge is 0.234 e. The van der Waals surface area contributed by atoms with Crippen molar-refractivity contribution < 1.29 is 4.79 Å². The zero-order valence-electron chi connectivity index (χ0n) is 14.4. The van der Waals surface area contributed by atoms with Gasteiger partial charge in [0.1, 0.15) is 0 Å². The van der Waals surface area contributed by atoms with E-state index in [0.29, 0.717) is 5.75 Å². The summed E-state index contributed by atoms with van der Waals surface area (Å²) >= 11 is 1.45. The molecule has 128 valence electrons. The fourth-order valence-electron chi connectivity index (χ4n) is 2.48. The summed E-state index contributed by atoms with van der Waals surface area (Å²) in [7, 11) is 0. The summed E-state index contributed by atoms with van der Waals surface area (Å²) in [6, 6.07) is 16.2. The van der Waals surface area contributed by atoms with Gasteiger partial charge in [-0.25, -0.2) is 4.98 Å². The van der Waals surface area contributed by atoms with Crippen molar-refractivity contribution in [2.75, 3.05) is 11.1 Å². The summed E-state index contributed by atoms with van der Waals surface area (Å²) in [5, 5.41) is 3.79. The van der Waals surface area contributed by atoms with Gasteiger partial charge in [-0.05, 0) is 42.7 Å². The molecule has 0 aliphatic carbocycles. The zero-order chi connectivity index (χ0) is 17.6. The molecular weight excluding hydrogens is 330 g/mol.